The summed E-state index contributed by atoms with van der Waals surface area (Å²) in [6, 6.07) is 6.01. The molecule has 5 aliphatic rings. The van der Waals surface area contributed by atoms with Gasteiger partial charge in [0.2, 0.25) is 5.05 Å². The van der Waals surface area contributed by atoms with E-state index < -0.39 is 5.41 Å². The quantitative estimate of drug-likeness (QED) is 0.230. The first-order valence-electron chi connectivity index (χ1n) is 12.2. The first-order chi connectivity index (χ1) is 16.3. The van der Waals surface area contributed by atoms with E-state index in [0.29, 0.717) is 36.7 Å². The van der Waals surface area contributed by atoms with Crippen LogP contribution >= 0.6 is 23.6 Å². The molecule has 5 fully saturated rings. The number of fused-ring (bicyclic) bond motifs is 3. The van der Waals surface area contributed by atoms with E-state index in [-0.39, 0.29) is 46.8 Å². The molecule has 1 heterocycles. The Bertz CT molecular complexity index is 1070. The van der Waals surface area contributed by atoms with E-state index in [1.165, 1.54) is 0 Å². The van der Waals surface area contributed by atoms with E-state index in [1.54, 1.807) is 11.3 Å². The number of carbonyl (C=O) groups is 2. The minimum Gasteiger partial charge on any atom is -0.482 e. The maximum atomic E-state index is 13.9. The number of Topliss-reactive ketones (excluding diaryl/α,β-unsaturated/α-hetero) is 2. The van der Waals surface area contributed by atoms with Crippen LogP contribution in [-0.4, -0.2) is 36.4 Å². The second-order valence-corrected chi connectivity index (χ2v) is 12.3. The monoisotopic (exact) mass is 497 g/mol. The lowest BCUT2D eigenvalue weighted by Crippen LogP contribution is -2.69. The summed E-state index contributed by atoms with van der Waals surface area (Å²) in [5.74, 6) is 0.157. The Kier molecular flexibility index (Phi) is 6.07. The third-order valence-electron chi connectivity index (χ3n) is 9.49. The van der Waals surface area contributed by atoms with Gasteiger partial charge in [-0.2, -0.15) is 5.26 Å². The van der Waals surface area contributed by atoms with Crippen molar-refractivity contribution in [2.45, 2.75) is 51.9 Å². The van der Waals surface area contributed by atoms with Gasteiger partial charge in [0.05, 0.1) is 29.6 Å². The van der Waals surface area contributed by atoms with Crippen molar-refractivity contribution in [3.63, 3.8) is 0 Å². The summed E-state index contributed by atoms with van der Waals surface area (Å²) in [5.41, 5.74) is -0.917. The van der Waals surface area contributed by atoms with Gasteiger partial charge in [-0.05, 0) is 79.1 Å². The highest BCUT2D eigenvalue weighted by Gasteiger charge is 2.71. The Labute approximate surface area is 210 Å². The predicted molar refractivity (Wildman–Crippen MR) is 133 cm³/mol. The predicted octanol–water partition coefficient (Wildman–Crippen LogP) is 5.29. The fourth-order valence-electron chi connectivity index (χ4n) is 7.95. The van der Waals surface area contributed by atoms with Crippen LogP contribution in [0.3, 0.4) is 0 Å². The molecule has 0 aromatic carbocycles. The number of nitriles is 1. The van der Waals surface area contributed by atoms with Crippen LogP contribution in [0, 0.1) is 45.3 Å². The van der Waals surface area contributed by atoms with Crippen LogP contribution in [0.4, 0.5) is 0 Å². The molecule has 0 aliphatic heterocycles. The SMILES string of the molecule is C=C1C(=O)[C@]23CC[C@H]1CC2[C@]1(COCC#N)CCC[C@@](C)(COC(=S)c2cccs2)C1CC3=O. The Morgan fingerprint density at radius 2 is 2.12 bits per heavy atom. The number of thiocarbonyl (C=S) groups is 1. The van der Waals surface area contributed by atoms with Gasteiger partial charge in [0.15, 0.2) is 5.78 Å². The van der Waals surface area contributed by atoms with Crippen LogP contribution in [-0.2, 0) is 19.1 Å². The van der Waals surface area contributed by atoms with Crippen LogP contribution in [0.5, 0.6) is 0 Å². The van der Waals surface area contributed by atoms with Gasteiger partial charge in [0.1, 0.15) is 12.4 Å². The molecular weight excluding hydrogens is 466 g/mol. The maximum absolute atomic E-state index is 13.9. The van der Waals surface area contributed by atoms with E-state index in [0.717, 1.165) is 37.0 Å². The van der Waals surface area contributed by atoms with Gasteiger partial charge < -0.3 is 9.47 Å². The van der Waals surface area contributed by atoms with Crippen molar-refractivity contribution < 1.29 is 19.1 Å². The molecule has 0 saturated heterocycles. The third-order valence-corrected chi connectivity index (χ3v) is 10.8. The lowest BCUT2D eigenvalue weighted by molar-refractivity contribution is -0.203. The first kappa shape index (κ1) is 23.8. The van der Waals surface area contributed by atoms with Crippen LogP contribution < -0.4 is 0 Å². The average Bonchev–Trinajstić information content (AvgIpc) is 3.37. The van der Waals surface area contributed by atoms with Crippen LogP contribution in [0.2, 0.25) is 0 Å². The molecule has 5 saturated carbocycles. The van der Waals surface area contributed by atoms with Crippen molar-refractivity contribution in [1.82, 2.24) is 0 Å². The van der Waals surface area contributed by atoms with E-state index in [4.69, 9.17) is 27.0 Å². The molecule has 2 bridgehead atoms. The summed E-state index contributed by atoms with van der Waals surface area (Å²) in [4.78, 5) is 28.4. The van der Waals surface area contributed by atoms with E-state index in [9.17, 15) is 9.59 Å². The van der Waals surface area contributed by atoms with E-state index >= 15 is 0 Å². The third kappa shape index (κ3) is 3.37. The van der Waals surface area contributed by atoms with Gasteiger partial charge in [-0.3, -0.25) is 9.59 Å². The number of rotatable bonds is 6. The van der Waals surface area contributed by atoms with Crippen molar-refractivity contribution in [3.05, 3.63) is 34.5 Å². The standard InChI is InChI=1S/C27H31NO4S2/c1-17-18-6-9-27(23(17)30)21(13-18)26(16-31-11-10-28)8-4-7-25(2,20(26)14-22(27)29)15-32-24(33)19-5-3-12-34-19/h3,5,12,18,20-21H,1,4,6-9,11,13-16H2,2H3/t18-,20?,21?,25-,26-,27+/m0/s1. The molecule has 6 atom stereocenters. The Morgan fingerprint density at radius 1 is 1.29 bits per heavy atom. The summed E-state index contributed by atoms with van der Waals surface area (Å²) < 4.78 is 12.1. The minimum absolute atomic E-state index is 0.0158. The molecule has 34 heavy (non-hydrogen) atoms. The van der Waals surface area contributed by atoms with Gasteiger partial charge in [-0.15, -0.1) is 11.3 Å². The van der Waals surface area contributed by atoms with Crippen LogP contribution in [0.25, 0.3) is 0 Å². The fraction of sp³-hybridized carbons (Fsp3) is 0.630. The number of ether oxygens (including phenoxy) is 2. The van der Waals surface area contributed by atoms with Gasteiger partial charge in [-0.1, -0.05) is 26.0 Å². The highest BCUT2D eigenvalue weighted by Crippen LogP contribution is 2.70. The summed E-state index contributed by atoms with van der Waals surface area (Å²) in [6.45, 7) is 7.16. The molecule has 1 spiro atoms. The van der Waals surface area contributed by atoms with Gasteiger partial charge >= 0.3 is 0 Å². The second-order valence-electron chi connectivity index (χ2n) is 11.0. The minimum atomic E-state index is -0.955. The topological polar surface area (TPSA) is 76.4 Å². The molecule has 7 heteroatoms. The molecule has 180 valence electrons. The molecule has 5 nitrogen and oxygen atoms in total. The molecule has 2 unspecified atom stereocenters. The van der Waals surface area contributed by atoms with Crippen molar-refractivity contribution in [3.8, 4) is 6.07 Å². The Balaban J connectivity index is 1.51. The Hall–Kier alpha value is -1.88. The number of ketones is 2. The zero-order valence-corrected chi connectivity index (χ0v) is 21.3. The summed E-state index contributed by atoms with van der Waals surface area (Å²) in [6.07, 6.45) is 5.46. The van der Waals surface area contributed by atoms with Crippen LogP contribution in [0.1, 0.15) is 56.7 Å². The maximum Gasteiger partial charge on any atom is 0.201 e. The van der Waals surface area contributed by atoms with Gasteiger partial charge in [-0.25, -0.2) is 0 Å². The van der Waals surface area contributed by atoms with Gasteiger partial charge in [0, 0.05) is 17.3 Å². The van der Waals surface area contributed by atoms with Crippen molar-refractivity contribution in [2.75, 3.05) is 19.8 Å². The van der Waals surface area contributed by atoms with Crippen LogP contribution in [0.15, 0.2) is 29.7 Å². The molecule has 5 aliphatic carbocycles. The molecule has 6 rings (SSSR count). The van der Waals surface area contributed by atoms with Gasteiger partial charge in [0.25, 0.3) is 0 Å². The smallest absolute Gasteiger partial charge is 0.201 e. The highest BCUT2D eigenvalue weighted by molar-refractivity contribution is 7.80. The van der Waals surface area contributed by atoms with Crippen molar-refractivity contribution in [1.29, 1.82) is 5.26 Å². The molecule has 1 aromatic heterocycles. The fourth-order valence-corrected chi connectivity index (χ4v) is 8.84. The summed E-state index contributed by atoms with van der Waals surface area (Å²) in [5, 5.41) is 11.6. The van der Waals surface area contributed by atoms with Crippen molar-refractivity contribution >= 4 is 40.2 Å². The number of hydrogen-bond acceptors (Lipinski definition) is 7. The summed E-state index contributed by atoms with van der Waals surface area (Å²) in [7, 11) is 0. The molecule has 1 aromatic rings. The molecule has 0 amide bonds. The molecule has 0 radical (unpaired) electrons. The first-order valence-corrected chi connectivity index (χ1v) is 13.5. The number of thiophene rings is 1. The number of nitrogens with zero attached hydrogens (tertiary/aromatic N) is 1. The van der Waals surface area contributed by atoms with Crippen molar-refractivity contribution in [2.24, 2.45) is 34.0 Å². The molecule has 0 N–H and O–H groups in total. The Morgan fingerprint density at radius 3 is 2.85 bits per heavy atom. The largest absolute Gasteiger partial charge is 0.482 e. The van der Waals surface area contributed by atoms with E-state index in [2.05, 4.69) is 19.6 Å². The number of hydrogen-bond donors (Lipinski definition) is 0. The summed E-state index contributed by atoms with van der Waals surface area (Å²) >= 11 is 7.10. The average molecular weight is 498 g/mol. The second kappa shape index (κ2) is 8.65. The normalized spacial score (nSPS) is 38.7. The number of carbonyl (C=O) groups excluding carboxylic acids is 2. The zero-order valence-electron chi connectivity index (χ0n) is 19.6. The zero-order chi connectivity index (χ0) is 24.1. The van der Waals surface area contributed by atoms with E-state index in [1.807, 2.05) is 17.5 Å². The highest BCUT2D eigenvalue weighted by atomic mass is 32.1. The molecular formula is C27H31NO4S2. The number of allylic oxidation sites excluding steroid dienone is 1. The lowest BCUT2D eigenvalue weighted by atomic mass is 9.36. The lowest BCUT2D eigenvalue weighted by Gasteiger charge is -2.66.